The van der Waals surface area contributed by atoms with Gasteiger partial charge in [0.05, 0.1) is 11.5 Å². The number of hydrogen-bond donors (Lipinski definition) is 2. The van der Waals surface area contributed by atoms with Crippen molar-refractivity contribution in [2.75, 3.05) is 6.54 Å². The molecule has 1 aromatic carbocycles. The Labute approximate surface area is 138 Å². The molecule has 0 saturated carbocycles. The van der Waals surface area contributed by atoms with E-state index in [0.717, 1.165) is 9.75 Å². The highest BCUT2D eigenvalue weighted by Gasteiger charge is 2.20. The minimum absolute atomic E-state index is 0.000978. The van der Waals surface area contributed by atoms with Crippen molar-refractivity contribution >= 4 is 23.2 Å². The van der Waals surface area contributed by atoms with Crippen LogP contribution in [0.25, 0.3) is 0 Å². The second-order valence-electron chi connectivity index (χ2n) is 5.41. The van der Waals surface area contributed by atoms with Crippen molar-refractivity contribution in [3.8, 4) is 0 Å². The SMILES string of the molecule is Cc1cc(C(=O)NCC(Cc2cccc(F)c2)C(=O)O)c(C)s1. The Morgan fingerprint density at radius 1 is 1.30 bits per heavy atom. The topological polar surface area (TPSA) is 66.4 Å². The number of aryl methyl sites for hydroxylation is 2. The van der Waals surface area contributed by atoms with Crippen LogP contribution in [0.3, 0.4) is 0 Å². The lowest BCUT2D eigenvalue weighted by Crippen LogP contribution is -2.34. The molecule has 0 spiro atoms. The van der Waals surface area contributed by atoms with Gasteiger partial charge in [-0.2, -0.15) is 0 Å². The number of rotatable bonds is 6. The van der Waals surface area contributed by atoms with Gasteiger partial charge in [-0.05, 0) is 44.0 Å². The van der Waals surface area contributed by atoms with E-state index in [1.165, 1.54) is 23.5 Å². The van der Waals surface area contributed by atoms with E-state index in [1.54, 1.807) is 18.2 Å². The molecule has 2 N–H and O–H groups in total. The van der Waals surface area contributed by atoms with Crippen molar-refractivity contribution in [2.45, 2.75) is 20.3 Å². The molecule has 1 atom stereocenters. The number of carboxylic acids is 1. The van der Waals surface area contributed by atoms with E-state index in [9.17, 15) is 19.1 Å². The third-order valence-electron chi connectivity index (χ3n) is 3.51. The second kappa shape index (κ2) is 7.37. The zero-order chi connectivity index (χ0) is 17.0. The number of hydrogen-bond acceptors (Lipinski definition) is 3. The summed E-state index contributed by atoms with van der Waals surface area (Å²) < 4.78 is 13.2. The molecule has 2 rings (SSSR count). The standard InChI is InChI=1S/C17H18FNO3S/c1-10-6-15(11(2)23-10)16(20)19-9-13(17(21)22)7-12-4-3-5-14(18)8-12/h3-6,8,13H,7,9H2,1-2H3,(H,19,20)(H,21,22). The fraction of sp³-hybridized carbons (Fsp3) is 0.294. The van der Waals surface area contributed by atoms with Crippen LogP contribution in [0.4, 0.5) is 4.39 Å². The van der Waals surface area contributed by atoms with Gasteiger partial charge in [-0.3, -0.25) is 9.59 Å². The Kier molecular flexibility index (Phi) is 5.50. The number of carbonyl (C=O) groups excluding carboxylic acids is 1. The molecule has 6 heteroatoms. The van der Waals surface area contributed by atoms with E-state index < -0.39 is 17.7 Å². The highest BCUT2D eigenvalue weighted by Crippen LogP contribution is 2.20. The molecule has 1 heterocycles. The van der Waals surface area contributed by atoms with Gasteiger partial charge in [-0.15, -0.1) is 11.3 Å². The van der Waals surface area contributed by atoms with Gasteiger partial charge in [0.15, 0.2) is 0 Å². The third kappa shape index (κ3) is 4.63. The lowest BCUT2D eigenvalue weighted by Gasteiger charge is -2.13. The molecule has 0 aliphatic heterocycles. The van der Waals surface area contributed by atoms with Crippen molar-refractivity contribution in [2.24, 2.45) is 5.92 Å². The monoisotopic (exact) mass is 335 g/mol. The molecule has 0 fully saturated rings. The van der Waals surface area contributed by atoms with Crippen LogP contribution in [0.2, 0.25) is 0 Å². The largest absolute Gasteiger partial charge is 0.481 e. The smallest absolute Gasteiger partial charge is 0.308 e. The van der Waals surface area contributed by atoms with E-state index in [-0.39, 0.29) is 18.9 Å². The van der Waals surface area contributed by atoms with Crippen LogP contribution in [-0.4, -0.2) is 23.5 Å². The number of amides is 1. The van der Waals surface area contributed by atoms with Crippen molar-refractivity contribution in [3.63, 3.8) is 0 Å². The van der Waals surface area contributed by atoms with E-state index in [2.05, 4.69) is 5.32 Å². The average Bonchev–Trinajstić information content (AvgIpc) is 2.81. The van der Waals surface area contributed by atoms with Gasteiger partial charge in [-0.25, -0.2) is 4.39 Å². The van der Waals surface area contributed by atoms with Crippen molar-refractivity contribution in [1.29, 1.82) is 0 Å². The predicted molar refractivity (Wildman–Crippen MR) is 87.4 cm³/mol. The molecule has 4 nitrogen and oxygen atoms in total. The Morgan fingerprint density at radius 2 is 2.04 bits per heavy atom. The molecule has 2 aromatic rings. The normalized spacial score (nSPS) is 12.0. The summed E-state index contributed by atoms with van der Waals surface area (Å²) >= 11 is 1.52. The number of carboxylic acid groups (broad SMARTS) is 1. The van der Waals surface area contributed by atoms with E-state index >= 15 is 0 Å². The van der Waals surface area contributed by atoms with E-state index in [0.29, 0.717) is 11.1 Å². The van der Waals surface area contributed by atoms with Crippen molar-refractivity contribution < 1.29 is 19.1 Å². The van der Waals surface area contributed by atoms with Crippen LogP contribution in [0, 0.1) is 25.6 Å². The molecule has 122 valence electrons. The first-order valence-electron chi connectivity index (χ1n) is 7.19. The highest BCUT2D eigenvalue weighted by molar-refractivity contribution is 7.12. The summed E-state index contributed by atoms with van der Waals surface area (Å²) in [6.45, 7) is 3.77. The van der Waals surface area contributed by atoms with E-state index in [1.807, 2.05) is 13.8 Å². The molecule has 0 radical (unpaired) electrons. The molecule has 1 amide bonds. The van der Waals surface area contributed by atoms with E-state index in [4.69, 9.17) is 0 Å². The summed E-state index contributed by atoms with van der Waals surface area (Å²) in [6, 6.07) is 7.62. The predicted octanol–water partition coefficient (Wildman–Crippen LogP) is 3.18. The summed E-state index contributed by atoms with van der Waals surface area (Å²) in [5, 5.41) is 12.0. The Balaban J connectivity index is 2.01. The first-order chi connectivity index (χ1) is 10.9. The summed E-state index contributed by atoms with van der Waals surface area (Å²) in [6.07, 6.45) is 0.162. The fourth-order valence-electron chi connectivity index (χ4n) is 2.36. The highest BCUT2D eigenvalue weighted by atomic mass is 32.1. The number of carbonyl (C=O) groups is 2. The van der Waals surface area contributed by atoms with Gasteiger partial charge in [0.1, 0.15) is 5.82 Å². The maximum Gasteiger partial charge on any atom is 0.308 e. The maximum atomic E-state index is 13.2. The quantitative estimate of drug-likeness (QED) is 0.852. The molecule has 0 bridgehead atoms. The van der Waals surface area contributed by atoms with Gasteiger partial charge >= 0.3 is 5.97 Å². The first-order valence-corrected chi connectivity index (χ1v) is 8.01. The summed E-state index contributed by atoms with van der Waals surface area (Å²) in [7, 11) is 0. The van der Waals surface area contributed by atoms with Crippen LogP contribution in [0.5, 0.6) is 0 Å². The lowest BCUT2D eigenvalue weighted by molar-refractivity contribution is -0.141. The van der Waals surface area contributed by atoms with Crippen LogP contribution in [0.1, 0.15) is 25.7 Å². The van der Waals surface area contributed by atoms with Gasteiger partial charge < -0.3 is 10.4 Å². The molecular formula is C17H18FNO3S. The van der Waals surface area contributed by atoms with Crippen LogP contribution in [-0.2, 0) is 11.2 Å². The fourth-order valence-corrected chi connectivity index (χ4v) is 3.28. The Bertz CT molecular complexity index is 726. The molecule has 1 unspecified atom stereocenters. The Hall–Kier alpha value is -2.21. The van der Waals surface area contributed by atoms with Crippen molar-refractivity contribution in [1.82, 2.24) is 5.32 Å². The van der Waals surface area contributed by atoms with Crippen LogP contribution < -0.4 is 5.32 Å². The zero-order valence-electron chi connectivity index (χ0n) is 12.9. The minimum atomic E-state index is -1.02. The number of thiophene rings is 1. The zero-order valence-corrected chi connectivity index (χ0v) is 13.7. The number of benzene rings is 1. The molecule has 0 saturated heterocycles. The average molecular weight is 335 g/mol. The van der Waals surface area contributed by atoms with Gasteiger partial charge in [0.25, 0.3) is 5.91 Å². The summed E-state index contributed by atoms with van der Waals surface area (Å²) in [4.78, 5) is 25.5. The summed E-state index contributed by atoms with van der Waals surface area (Å²) in [5.74, 6) is -2.51. The Morgan fingerprint density at radius 3 is 2.61 bits per heavy atom. The third-order valence-corrected chi connectivity index (χ3v) is 4.48. The number of halogens is 1. The van der Waals surface area contributed by atoms with Crippen LogP contribution >= 0.6 is 11.3 Å². The second-order valence-corrected chi connectivity index (χ2v) is 6.87. The molecule has 1 aromatic heterocycles. The summed E-state index contributed by atoms with van der Waals surface area (Å²) in [5.41, 5.74) is 1.16. The van der Waals surface area contributed by atoms with Gasteiger partial charge in [0, 0.05) is 16.3 Å². The van der Waals surface area contributed by atoms with Gasteiger partial charge in [0.2, 0.25) is 0 Å². The van der Waals surface area contributed by atoms with Gasteiger partial charge in [-0.1, -0.05) is 12.1 Å². The maximum absolute atomic E-state index is 13.2. The minimum Gasteiger partial charge on any atom is -0.481 e. The molecule has 0 aliphatic rings. The molecule has 0 aliphatic carbocycles. The van der Waals surface area contributed by atoms with Crippen LogP contribution in [0.15, 0.2) is 30.3 Å². The first kappa shape index (κ1) is 17.1. The number of nitrogens with one attached hydrogen (secondary N) is 1. The lowest BCUT2D eigenvalue weighted by atomic mass is 9.99. The van der Waals surface area contributed by atoms with Crippen molar-refractivity contribution in [3.05, 3.63) is 57.0 Å². The molecule has 23 heavy (non-hydrogen) atoms. The number of aliphatic carboxylic acids is 1. The molecular weight excluding hydrogens is 317 g/mol.